The highest BCUT2D eigenvalue weighted by molar-refractivity contribution is 7.16. The van der Waals surface area contributed by atoms with E-state index < -0.39 is 11.1 Å². The Morgan fingerprint density at radius 1 is 1.23 bits per heavy atom. The molecule has 1 N–H and O–H groups in total. The number of amides is 1. The molecule has 8 heteroatoms. The molecule has 0 unspecified atom stereocenters. The summed E-state index contributed by atoms with van der Waals surface area (Å²) < 4.78 is 2.08. The van der Waals surface area contributed by atoms with Crippen LogP contribution in [0, 0.1) is 0 Å². The van der Waals surface area contributed by atoms with Crippen molar-refractivity contribution >= 4 is 39.9 Å². The van der Waals surface area contributed by atoms with Crippen LogP contribution in [0.3, 0.4) is 0 Å². The zero-order chi connectivity index (χ0) is 18.8. The minimum absolute atomic E-state index is 0.144. The number of benzene rings is 1. The Morgan fingerprint density at radius 2 is 2.00 bits per heavy atom. The highest BCUT2D eigenvalue weighted by atomic mass is 35.5. The summed E-state index contributed by atoms with van der Waals surface area (Å²) in [5.41, 5.74) is 0.242. The molecule has 0 radical (unpaired) electrons. The molecule has 3 aromatic rings. The highest BCUT2D eigenvalue weighted by Crippen LogP contribution is 2.23. The van der Waals surface area contributed by atoms with Crippen LogP contribution in [0.15, 0.2) is 39.9 Å². The second kappa shape index (κ2) is 7.47. The van der Waals surface area contributed by atoms with Crippen molar-refractivity contribution in [2.45, 2.75) is 26.9 Å². The molecule has 1 aromatic carbocycles. The van der Waals surface area contributed by atoms with Gasteiger partial charge in [0.15, 0.2) is 0 Å². The lowest BCUT2D eigenvalue weighted by molar-refractivity contribution is 0.0754. The first-order chi connectivity index (χ1) is 12.4. The number of rotatable bonds is 5. The Bertz CT molecular complexity index is 1080. The predicted molar refractivity (Wildman–Crippen MR) is 104 cm³/mol. The number of fused-ring (bicyclic) bond motifs is 1. The van der Waals surface area contributed by atoms with Gasteiger partial charge >= 0.3 is 11.1 Å². The number of halogens is 1. The number of hydrogen-bond acceptors (Lipinski definition) is 4. The second-order valence-corrected chi connectivity index (χ2v) is 7.56. The predicted octanol–water partition coefficient (Wildman–Crippen LogP) is 3.09. The number of thiophene rings is 1. The van der Waals surface area contributed by atoms with Crippen LogP contribution >= 0.6 is 22.9 Å². The number of nitrogens with zero attached hydrogens (tertiary/aromatic N) is 2. The molecule has 2 aromatic heterocycles. The van der Waals surface area contributed by atoms with Crippen LogP contribution in [0.2, 0.25) is 4.34 Å². The van der Waals surface area contributed by atoms with Crippen molar-refractivity contribution in [1.82, 2.24) is 14.5 Å². The molecule has 1 amide bonds. The average molecular weight is 392 g/mol. The van der Waals surface area contributed by atoms with Crippen LogP contribution in [-0.4, -0.2) is 26.9 Å². The monoisotopic (exact) mass is 391 g/mol. The largest absolute Gasteiger partial charge is 0.334 e. The highest BCUT2D eigenvalue weighted by Gasteiger charge is 2.17. The van der Waals surface area contributed by atoms with Gasteiger partial charge in [0, 0.05) is 23.5 Å². The summed E-state index contributed by atoms with van der Waals surface area (Å²) in [5, 5.41) is 0. The number of aromatic amines is 1. The number of nitrogens with one attached hydrogen (secondary N) is 1. The molecule has 0 aliphatic carbocycles. The van der Waals surface area contributed by atoms with Gasteiger partial charge in [-0.3, -0.25) is 14.4 Å². The van der Waals surface area contributed by atoms with Crippen molar-refractivity contribution in [2.75, 3.05) is 6.54 Å². The van der Waals surface area contributed by atoms with Crippen molar-refractivity contribution in [1.29, 1.82) is 0 Å². The molecule has 3 rings (SSSR count). The molecule has 0 saturated carbocycles. The van der Waals surface area contributed by atoms with Gasteiger partial charge in [-0.25, -0.2) is 0 Å². The lowest BCUT2D eigenvalue weighted by atomic mass is 10.1. The molecule has 0 aliphatic heterocycles. The van der Waals surface area contributed by atoms with Gasteiger partial charge in [0.1, 0.15) is 0 Å². The lowest BCUT2D eigenvalue weighted by Crippen LogP contribution is -2.36. The maximum atomic E-state index is 12.9. The van der Waals surface area contributed by atoms with E-state index in [-0.39, 0.29) is 5.91 Å². The number of H-pyrrole nitrogens is 1. The molecule has 26 heavy (non-hydrogen) atoms. The first-order valence-corrected chi connectivity index (χ1v) is 9.44. The van der Waals surface area contributed by atoms with E-state index in [1.807, 2.05) is 19.1 Å². The van der Waals surface area contributed by atoms with E-state index >= 15 is 0 Å². The maximum Gasteiger partial charge on any atom is 0.316 e. The van der Waals surface area contributed by atoms with Crippen LogP contribution in [0.4, 0.5) is 0 Å². The summed E-state index contributed by atoms with van der Waals surface area (Å²) in [7, 11) is 0. The molecule has 0 spiro atoms. The smallest absolute Gasteiger partial charge is 0.316 e. The Kier molecular flexibility index (Phi) is 5.29. The van der Waals surface area contributed by atoms with E-state index in [4.69, 9.17) is 11.6 Å². The third-order valence-corrected chi connectivity index (χ3v) is 5.40. The summed E-state index contributed by atoms with van der Waals surface area (Å²) in [6, 6.07) is 8.71. The molecule has 0 atom stereocenters. The average Bonchev–Trinajstić information content (AvgIpc) is 3.05. The third kappa shape index (κ3) is 3.45. The van der Waals surface area contributed by atoms with Crippen LogP contribution in [0.25, 0.3) is 11.0 Å². The fraction of sp³-hybridized carbons (Fsp3) is 0.278. The molecular weight excluding hydrogens is 374 g/mol. The van der Waals surface area contributed by atoms with Gasteiger partial charge in [0.05, 0.1) is 21.9 Å². The Hall–Kier alpha value is -2.38. The number of hydrogen-bond donors (Lipinski definition) is 1. The van der Waals surface area contributed by atoms with E-state index in [0.717, 1.165) is 4.88 Å². The summed E-state index contributed by atoms with van der Waals surface area (Å²) in [6.07, 6.45) is 0. The minimum atomic E-state index is -0.690. The summed E-state index contributed by atoms with van der Waals surface area (Å²) >= 11 is 7.40. The molecule has 0 saturated heterocycles. The number of carbonyl (C=O) groups is 1. The first-order valence-electron chi connectivity index (χ1n) is 8.25. The lowest BCUT2D eigenvalue weighted by Gasteiger charge is -2.20. The minimum Gasteiger partial charge on any atom is -0.334 e. The second-order valence-electron chi connectivity index (χ2n) is 5.76. The number of aromatic nitrogens is 2. The van der Waals surface area contributed by atoms with Gasteiger partial charge in [-0.05, 0) is 44.2 Å². The quantitative estimate of drug-likeness (QED) is 0.679. The van der Waals surface area contributed by atoms with E-state index in [0.29, 0.717) is 40.6 Å². The van der Waals surface area contributed by atoms with E-state index in [2.05, 4.69) is 4.98 Å². The van der Waals surface area contributed by atoms with Crippen molar-refractivity contribution in [3.8, 4) is 0 Å². The Morgan fingerprint density at radius 3 is 2.62 bits per heavy atom. The van der Waals surface area contributed by atoms with Gasteiger partial charge < -0.3 is 14.5 Å². The van der Waals surface area contributed by atoms with Crippen molar-refractivity contribution in [3.05, 3.63) is 65.8 Å². The Labute approximate surface area is 158 Å². The molecule has 2 heterocycles. The van der Waals surface area contributed by atoms with Crippen LogP contribution < -0.4 is 11.1 Å². The molecule has 0 fully saturated rings. The van der Waals surface area contributed by atoms with Crippen molar-refractivity contribution < 1.29 is 4.79 Å². The SMILES string of the molecule is CCN(Cc1ccc(Cl)s1)C(=O)c1ccc2c(c1)[nH]c(=O)c(=O)n2CC. The van der Waals surface area contributed by atoms with E-state index in [1.54, 1.807) is 30.0 Å². The van der Waals surface area contributed by atoms with Crippen molar-refractivity contribution in [2.24, 2.45) is 0 Å². The fourth-order valence-electron chi connectivity index (χ4n) is 2.86. The van der Waals surface area contributed by atoms with Crippen molar-refractivity contribution in [3.63, 3.8) is 0 Å². The summed E-state index contributed by atoms with van der Waals surface area (Å²) in [4.78, 5) is 41.9. The van der Waals surface area contributed by atoms with E-state index in [1.165, 1.54) is 15.9 Å². The normalized spacial score (nSPS) is 11.0. The zero-order valence-corrected chi connectivity index (χ0v) is 16.0. The topological polar surface area (TPSA) is 75.2 Å². The van der Waals surface area contributed by atoms with Gasteiger partial charge in [0.25, 0.3) is 5.91 Å². The summed E-state index contributed by atoms with van der Waals surface area (Å²) in [5.74, 6) is -0.144. The number of aryl methyl sites for hydroxylation is 1. The molecular formula is C18H18ClN3O3S. The third-order valence-electron chi connectivity index (χ3n) is 4.18. The summed E-state index contributed by atoms with van der Waals surface area (Å²) in [6.45, 7) is 5.09. The van der Waals surface area contributed by atoms with E-state index in [9.17, 15) is 14.4 Å². The number of carbonyl (C=O) groups excluding carboxylic acids is 1. The molecule has 0 aliphatic rings. The van der Waals surface area contributed by atoms with Gasteiger partial charge in [0.2, 0.25) is 0 Å². The van der Waals surface area contributed by atoms with Gasteiger partial charge in [-0.15, -0.1) is 11.3 Å². The fourth-order valence-corrected chi connectivity index (χ4v) is 3.96. The maximum absolute atomic E-state index is 12.9. The van der Waals surface area contributed by atoms with Gasteiger partial charge in [-0.2, -0.15) is 0 Å². The van der Waals surface area contributed by atoms with Gasteiger partial charge in [-0.1, -0.05) is 11.6 Å². The van der Waals surface area contributed by atoms with Crippen LogP contribution in [-0.2, 0) is 13.1 Å². The van der Waals surface area contributed by atoms with Crippen LogP contribution in [0.5, 0.6) is 0 Å². The molecule has 6 nitrogen and oxygen atoms in total. The van der Waals surface area contributed by atoms with Crippen LogP contribution in [0.1, 0.15) is 29.1 Å². The first kappa shape index (κ1) is 18.4. The zero-order valence-electron chi connectivity index (χ0n) is 14.4. The Balaban J connectivity index is 1.98. The molecule has 0 bridgehead atoms. The molecule has 136 valence electrons. The standard InChI is InChI=1S/C18H18ClN3O3S/c1-3-21(10-12-6-8-15(19)26-12)17(24)11-5-7-14-13(9-11)20-16(23)18(25)22(14)4-2/h5-9H,3-4,10H2,1-2H3,(H,20,23).